The highest BCUT2D eigenvalue weighted by molar-refractivity contribution is 5.95. The van der Waals surface area contributed by atoms with E-state index >= 15 is 0 Å². The second-order valence-corrected chi connectivity index (χ2v) is 2.90. The van der Waals surface area contributed by atoms with Crippen LogP contribution in [0.2, 0.25) is 0 Å². The van der Waals surface area contributed by atoms with Crippen molar-refractivity contribution in [2.75, 3.05) is 6.54 Å². The number of hydrogen-bond acceptors (Lipinski definition) is 2. The van der Waals surface area contributed by atoms with Crippen molar-refractivity contribution in [1.29, 1.82) is 0 Å². The third-order valence-corrected chi connectivity index (χ3v) is 1.82. The maximum Gasteiger partial charge on any atom is 0.251 e. The van der Waals surface area contributed by atoms with Crippen LogP contribution in [0.15, 0.2) is 18.5 Å². The van der Waals surface area contributed by atoms with Crippen molar-refractivity contribution in [2.45, 2.75) is 13.3 Å². The summed E-state index contributed by atoms with van der Waals surface area (Å²) >= 11 is 0. The zero-order valence-corrected chi connectivity index (χ0v) is 8.08. The van der Waals surface area contributed by atoms with Crippen molar-refractivity contribution >= 4 is 5.91 Å². The Morgan fingerprint density at radius 3 is 3.14 bits per heavy atom. The van der Waals surface area contributed by atoms with E-state index in [1.54, 1.807) is 18.5 Å². The first-order valence-corrected chi connectivity index (χ1v) is 4.38. The Morgan fingerprint density at radius 1 is 1.71 bits per heavy atom. The van der Waals surface area contributed by atoms with Gasteiger partial charge in [0.1, 0.15) is 0 Å². The van der Waals surface area contributed by atoms with E-state index in [1.807, 2.05) is 6.92 Å². The third kappa shape index (κ3) is 2.60. The standard InChI is InChI=1S/C11H12N2O/c1-3-4-6-13-11(14)10-5-7-12-8-9(10)2/h1,5,7-8H,4,6H2,2H3,(H,13,14). The molecule has 1 aromatic heterocycles. The number of nitrogens with zero attached hydrogens (tertiary/aromatic N) is 1. The SMILES string of the molecule is C#CCCNC(=O)c1ccncc1C. The average Bonchev–Trinajstić information content (AvgIpc) is 2.18. The van der Waals surface area contributed by atoms with Crippen molar-refractivity contribution in [3.63, 3.8) is 0 Å². The van der Waals surface area contributed by atoms with Crippen LogP contribution in [0, 0.1) is 19.3 Å². The van der Waals surface area contributed by atoms with Crippen molar-refractivity contribution in [3.8, 4) is 12.3 Å². The minimum Gasteiger partial charge on any atom is -0.351 e. The first-order chi connectivity index (χ1) is 6.75. The van der Waals surface area contributed by atoms with E-state index in [2.05, 4.69) is 16.2 Å². The van der Waals surface area contributed by atoms with Crippen LogP contribution in [-0.4, -0.2) is 17.4 Å². The molecule has 0 fully saturated rings. The fourth-order valence-electron chi connectivity index (χ4n) is 1.07. The van der Waals surface area contributed by atoms with Gasteiger partial charge in [0.05, 0.1) is 0 Å². The number of hydrogen-bond donors (Lipinski definition) is 1. The molecule has 0 saturated carbocycles. The molecule has 0 spiro atoms. The Kier molecular flexibility index (Phi) is 3.69. The molecule has 72 valence electrons. The summed E-state index contributed by atoms with van der Waals surface area (Å²) in [6.07, 6.45) is 8.89. The highest BCUT2D eigenvalue weighted by Crippen LogP contribution is 2.03. The molecule has 1 heterocycles. The summed E-state index contributed by atoms with van der Waals surface area (Å²) in [6, 6.07) is 1.69. The highest BCUT2D eigenvalue weighted by Gasteiger charge is 2.06. The van der Waals surface area contributed by atoms with Gasteiger partial charge in [0, 0.05) is 30.9 Å². The van der Waals surface area contributed by atoms with Crippen LogP contribution in [0.3, 0.4) is 0 Å². The molecule has 0 aliphatic carbocycles. The first kappa shape index (κ1) is 10.3. The molecule has 0 unspecified atom stereocenters. The van der Waals surface area contributed by atoms with Gasteiger partial charge in [0.2, 0.25) is 0 Å². The summed E-state index contributed by atoms with van der Waals surface area (Å²) < 4.78 is 0. The molecule has 0 bridgehead atoms. The van der Waals surface area contributed by atoms with E-state index in [-0.39, 0.29) is 5.91 Å². The molecule has 0 radical (unpaired) electrons. The van der Waals surface area contributed by atoms with Gasteiger partial charge in [-0.2, -0.15) is 0 Å². The topological polar surface area (TPSA) is 42.0 Å². The third-order valence-electron chi connectivity index (χ3n) is 1.82. The van der Waals surface area contributed by atoms with Crippen LogP contribution in [-0.2, 0) is 0 Å². The minimum atomic E-state index is -0.0971. The lowest BCUT2D eigenvalue weighted by molar-refractivity contribution is 0.0954. The molecule has 3 nitrogen and oxygen atoms in total. The maximum atomic E-state index is 11.5. The first-order valence-electron chi connectivity index (χ1n) is 4.38. The molecule has 1 rings (SSSR count). The molecule has 1 N–H and O–H groups in total. The number of amides is 1. The van der Waals surface area contributed by atoms with Gasteiger partial charge in [-0.1, -0.05) is 0 Å². The van der Waals surface area contributed by atoms with E-state index < -0.39 is 0 Å². The molecule has 1 amide bonds. The fraction of sp³-hybridized carbons (Fsp3) is 0.273. The quantitative estimate of drug-likeness (QED) is 0.571. The van der Waals surface area contributed by atoms with Gasteiger partial charge in [0.25, 0.3) is 5.91 Å². The monoisotopic (exact) mass is 188 g/mol. The molecule has 0 atom stereocenters. The van der Waals surface area contributed by atoms with E-state index in [0.29, 0.717) is 18.5 Å². The summed E-state index contributed by atoms with van der Waals surface area (Å²) in [4.78, 5) is 15.4. The normalized spacial score (nSPS) is 9.14. The summed E-state index contributed by atoms with van der Waals surface area (Å²) in [5.41, 5.74) is 1.52. The smallest absolute Gasteiger partial charge is 0.251 e. The number of aromatic nitrogens is 1. The van der Waals surface area contributed by atoms with Crippen LogP contribution in [0.1, 0.15) is 22.3 Å². The van der Waals surface area contributed by atoms with E-state index in [1.165, 1.54) is 0 Å². The maximum absolute atomic E-state index is 11.5. The van der Waals surface area contributed by atoms with Gasteiger partial charge in [0.15, 0.2) is 0 Å². The predicted molar refractivity (Wildman–Crippen MR) is 54.8 cm³/mol. The van der Waals surface area contributed by atoms with Crippen molar-refractivity contribution in [1.82, 2.24) is 10.3 Å². The van der Waals surface area contributed by atoms with Gasteiger partial charge in [-0.05, 0) is 18.6 Å². The number of rotatable bonds is 3. The second kappa shape index (κ2) is 5.03. The number of pyridine rings is 1. The van der Waals surface area contributed by atoms with E-state index in [9.17, 15) is 4.79 Å². The lowest BCUT2D eigenvalue weighted by Gasteiger charge is -2.04. The lowest BCUT2D eigenvalue weighted by Crippen LogP contribution is -2.24. The van der Waals surface area contributed by atoms with Gasteiger partial charge in [-0.15, -0.1) is 12.3 Å². The molecule has 14 heavy (non-hydrogen) atoms. The fourth-order valence-corrected chi connectivity index (χ4v) is 1.07. The van der Waals surface area contributed by atoms with Gasteiger partial charge in [-0.25, -0.2) is 0 Å². The zero-order chi connectivity index (χ0) is 10.4. The van der Waals surface area contributed by atoms with Gasteiger partial charge in [-0.3, -0.25) is 9.78 Å². The van der Waals surface area contributed by atoms with Crippen LogP contribution < -0.4 is 5.32 Å². The molecule has 0 saturated heterocycles. The summed E-state index contributed by atoms with van der Waals surface area (Å²) in [6.45, 7) is 2.36. The van der Waals surface area contributed by atoms with Gasteiger partial charge >= 0.3 is 0 Å². The van der Waals surface area contributed by atoms with Crippen molar-refractivity contribution < 1.29 is 4.79 Å². The van der Waals surface area contributed by atoms with Crippen LogP contribution in [0.5, 0.6) is 0 Å². The number of aryl methyl sites for hydroxylation is 1. The minimum absolute atomic E-state index is 0.0971. The van der Waals surface area contributed by atoms with Crippen molar-refractivity contribution in [3.05, 3.63) is 29.6 Å². The predicted octanol–water partition coefficient (Wildman–Crippen LogP) is 1.14. The lowest BCUT2D eigenvalue weighted by atomic mass is 10.1. The molecule has 1 aromatic rings. The van der Waals surface area contributed by atoms with Crippen LogP contribution in [0.4, 0.5) is 0 Å². The summed E-state index contributed by atoms with van der Waals surface area (Å²) in [5.74, 6) is 2.36. The number of carbonyl (C=O) groups is 1. The Bertz CT molecular complexity index is 366. The zero-order valence-electron chi connectivity index (χ0n) is 8.08. The molecule has 3 heteroatoms. The van der Waals surface area contributed by atoms with Crippen LogP contribution >= 0.6 is 0 Å². The average molecular weight is 188 g/mol. The Labute approximate surface area is 83.6 Å². The van der Waals surface area contributed by atoms with Crippen molar-refractivity contribution in [2.24, 2.45) is 0 Å². The Morgan fingerprint density at radius 2 is 2.50 bits per heavy atom. The number of carbonyl (C=O) groups excluding carboxylic acids is 1. The summed E-state index contributed by atoms with van der Waals surface area (Å²) in [5, 5.41) is 2.73. The molecular formula is C11H12N2O. The Balaban J connectivity index is 2.62. The highest BCUT2D eigenvalue weighted by atomic mass is 16.1. The summed E-state index contributed by atoms with van der Waals surface area (Å²) in [7, 11) is 0. The van der Waals surface area contributed by atoms with E-state index in [4.69, 9.17) is 6.42 Å². The molecule has 0 aliphatic rings. The largest absolute Gasteiger partial charge is 0.351 e. The van der Waals surface area contributed by atoms with Gasteiger partial charge < -0.3 is 5.32 Å². The van der Waals surface area contributed by atoms with E-state index in [0.717, 1.165) is 5.56 Å². The van der Waals surface area contributed by atoms with Crippen LogP contribution in [0.25, 0.3) is 0 Å². The molecule has 0 aromatic carbocycles. The Hall–Kier alpha value is -1.82. The number of nitrogens with one attached hydrogen (secondary N) is 1. The molecular weight excluding hydrogens is 176 g/mol. The molecule has 0 aliphatic heterocycles. The second-order valence-electron chi connectivity index (χ2n) is 2.90. The number of terminal acetylenes is 1.